The molecule has 1 unspecified atom stereocenters. The van der Waals surface area contributed by atoms with Crippen molar-refractivity contribution in [3.63, 3.8) is 0 Å². The highest BCUT2D eigenvalue weighted by atomic mass is 16.5. The van der Waals surface area contributed by atoms with Crippen molar-refractivity contribution in [3.05, 3.63) is 0 Å². The summed E-state index contributed by atoms with van der Waals surface area (Å²) >= 11 is 0. The fourth-order valence-corrected chi connectivity index (χ4v) is 3.23. The maximum absolute atomic E-state index is 11.1. The first-order valence-electron chi connectivity index (χ1n) is 7.18. The van der Waals surface area contributed by atoms with Crippen LogP contribution in [-0.4, -0.2) is 37.9 Å². The van der Waals surface area contributed by atoms with Crippen molar-refractivity contribution in [3.8, 4) is 0 Å². The van der Waals surface area contributed by atoms with Crippen LogP contribution in [0.15, 0.2) is 0 Å². The molecule has 0 bridgehead atoms. The van der Waals surface area contributed by atoms with Gasteiger partial charge in [0, 0.05) is 19.2 Å². The van der Waals surface area contributed by atoms with Crippen LogP contribution in [-0.2, 0) is 14.3 Å². The van der Waals surface area contributed by atoms with Crippen LogP contribution in [0.5, 0.6) is 0 Å². The van der Waals surface area contributed by atoms with Gasteiger partial charge in [-0.2, -0.15) is 0 Å². The highest BCUT2D eigenvalue weighted by Crippen LogP contribution is 2.38. The van der Waals surface area contributed by atoms with E-state index in [0.717, 1.165) is 19.4 Å². The van der Waals surface area contributed by atoms with E-state index in [1.807, 2.05) is 0 Å². The molecule has 1 heterocycles. The van der Waals surface area contributed by atoms with Gasteiger partial charge in [-0.3, -0.25) is 4.79 Å². The maximum atomic E-state index is 11.1. The van der Waals surface area contributed by atoms with Crippen LogP contribution >= 0.6 is 0 Å². The van der Waals surface area contributed by atoms with E-state index >= 15 is 0 Å². The minimum atomic E-state index is -0.137. The lowest BCUT2D eigenvalue weighted by Crippen LogP contribution is -2.48. The average molecular weight is 255 g/mol. The van der Waals surface area contributed by atoms with Crippen LogP contribution in [0.25, 0.3) is 0 Å². The van der Waals surface area contributed by atoms with Crippen LogP contribution in [0.2, 0.25) is 0 Å². The predicted molar refractivity (Wildman–Crippen MR) is 69.4 cm³/mol. The summed E-state index contributed by atoms with van der Waals surface area (Å²) in [5, 5.41) is 3.48. The predicted octanol–water partition coefficient (Wildman–Crippen LogP) is 2.02. The summed E-state index contributed by atoms with van der Waals surface area (Å²) in [7, 11) is 1.44. The lowest BCUT2D eigenvalue weighted by Gasteiger charge is -2.43. The van der Waals surface area contributed by atoms with Gasteiger partial charge in [0.15, 0.2) is 0 Å². The molecule has 18 heavy (non-hydrogen) atoms. The number of nitrogens with one attached hydrogen (secondary N) is 1. The highest BCUT2D eigenvalue weighted by Gasteiger charge is 2.38. The van der Waals surface area contributed by atoms with Crippen molar-refractivity contribution in [2.24, 2.45) is 0 Å². The molecule has 1 saturated carbocycles. The molecule has 0 aromatic rings. The number of rotatable bonds is 4. The fourth-order valence-electron chi connectivity index (χ4n) is 3.23. The molecule has 104 valence electrons. The van der Waals surface area contributed by atoms with Gasteiger partial charge in [0.2, 0.25) is 0 Å². The van der Waals surface area contributed by atoms with Crippen LogP contribution in [0.1, 0.15) is 51.4 Å². The molecular weight excluding hydrogens is 230 g/mol. The van der Waals surface area contributed by atoms with E-state index in [4.69, 9.17) is 4.74 Å². The van der Waals surface area contributed by atoms with Crippen LogP contribution < -0.4 is 5.32 Å². The van der Waals surface area contributed by atoms with Gasteiger partial charge < -0.3 is 14.8 Å². The maximum Gasteiger partial charge on any atom is 0.306 e. The van der Waals surface area contributed by atoms with E-state index < -0.39 is 0 Å². The van der Waals surface area contributed by atoms with Gasteiger partial charge in [-0.25, -0.2) is 0 Å². The summed E-state index contributed by atoms with van der Waals surface area (Å²) < 4.78 is 10.7. The highest BCUT2D eigenvalue weighted by molar-refractivity contribution is 5.69. The summed E-state index contributed by atoms with van der Waals surface area (Å²) in [6.07, 6.45) is 9.00. The Bertz CT molecular complexity index is 269. The lowest BCUT2D eigenvalue weighted by atomic mass is 9.78. The molecular formula is C14H25NO3. The molecule has 0 amide bonds. The lowest BCUT2D eigenvalue weighted by molar-refractivity contribution is -0.140. The average Bonchev–Trinajstić information content (AvgIpc) is 2.39. The monoisotopic (exact) mass is 255 g/mol. The molecule has 1 N–H and O–H groups in total. The molecule has 0 aromatic heterocycles. The molecule has 4 heteroatoms. The minimum absolute atomic E-state index is 0.137. The Kier molecular flexibility index (Phi) is 5.01. The molecule has 4 nitrogen and oxygen atoms in total. The largest absolute Gasteiger partial charge is 0.469 e. The zero-order valence-electron chi connectivity index (χ0n) is 11.4. The fraction of sp³-hybridized carbons (Fsp3) is 0.929. The smallest absolute Gasteiger partial charge is 0.306 e. The molecule has 1 aliphatic carbocycles. The minimum Gasteiger partial charge on any atom is -0.469 e. The third-order valence-electron chi connectivity index (χ3n) is 4.25. The number of carbonyl (C=O) groups is 1. The van der Waals surface area contributed by atoms with E-state index in [2.05, 4.69) is 10.1 Å². The van der Waals surface area contributed by atoms with Crippen molar-refractivity contribution < 1.29 is 14.3 Å². The topological polar surface area (TPSA) is 47.6 Å². The van der Waals surface area contributed by atoms with E-state index in [1.54, 1.807) is 0 Å². The van der Waals surface area contributed by atoms with Crippen LogP contribution in [0, 0.1) is 0 Å². The molecule has 0 aromatic carbocycles. The molecule has 1 atom stereocenters. The number of ether oxygens (including phenoxy) is 2. The number of hydrogen-bond acceptors (Lipinski definition) is 4. The Balaban J connectivity index is 1.74. The molecule has 1 aliphatic heterocycles. The third kappa shape index (κ3) is 3.69. The first-order chi connectivity index (χ1) is 8.74. The van der Waals surface area contributed by atoms with E-state index in [0.29, 0.717) is 19.0 Å². The van der Waals surface area contributed by atoms with Gasteiger partial charge in [0.05, 0.1) is 19.1 Å². The first kappa shape index (κ1) is 13.8. The number of esters is 1. The van der Waals surface area contributed by atoms with Gasteiger partial charge in [-0.15, -0.1) is 0 Å². The number of carbonyl (C=O) groups excluding carboxylic acids is 1. The Morgan fingerprint density at radius 3 is 2.89 bits per heavy atom. The van der Waals surface area contributed by atoms with E-state index in [1.165, 1.54) is 39.2 Å². The summed E-state index contributed by atoms with van der Waals surface area (Å²) in [5.41, 5.74) is 0.138. The molecule has 2 aliphatic rings. The molecule has 0 radical (unpaired) electrons. The second-order valence-electron chi connectivity index (χ2n) is 5.56. The summed E-state index contributed by atoms with van der Waals surface area (Å²) in [6, 6.07) is 0.501. The van der Waals surface area contributed by atoms with Gasteiger partial charge in [0.25, 0.3) is 0 Å². The Labute approximate surface area is 109 Å². The summed E-state index contributed by atoms with van der Waals surface area (Å²) in [6.45, 7) is 1.57. The van der Waals surface area contributed by atoms with Crippen molar-refractivity contribution in [2.75, 3.05) is 20.3 Å². The molecule has 1 saturated heterocycles. The zero-order valence-corrected chi connectivity index (χ0v) is 11.4. The Morgan fingerprint density at radius 1 is 1.39 bits per heavy atom. The molecule has 1 spiro atoms. The zero-order chi connectivity index (χ0) is 12.8. The van der Waals surface area contributed by atoms with Crippen molar-refractivity contribution in [1.29, 1.82) is 0 Å². The van der Waals surface area contributed by atoms with Crippen molar-refractivity contribution >= 4 is 5.97 Å². The van der Waals surface area contributed by atoms with Gasteiger partial charge >= 0.3 is 5.97 Å². The van der Waals surface area contributed by atoms with Gasteiger partial charge in [0.1, 0.15) is 0 Å². The second-order valence-corrected chi connectivity index (χ2v) is 5.56. The summed E-state index contributed by atoms with van der Waals surface area (Å²) in [5.74, 6) is -0.137. The second kappa shape index (κ2) is 6.53. The van der Waals surface area contributed by atoms with Crippen LogP contribution in [0.3, 0.4) is 0 Å². The normalized spacial score (nSPS) is 27.1. The number of methoxy groups -OCH3 is 1. The first-order valence-corrected chi connectivity index (χ1v) is 7.18. The third-order valence-corrected chi connectivity index (χ3v) is 4.25. The summed E-state index contributed by atoms with van der Waals surface area (Å²) in [4.78, 5) is 11.1. The Morgan fingerprint density at radius 2 is 2.17 bits per heavy atom. The Hall–Kier alpha value is -0.610. The van der Waals surface area contributed by atoms with Crippen molar-refractivity contribution in [1.82, 2.24) is 5.32 Å². The van der Waals surface area contributed by atoms with Gasteiger partial charge in [-0.1, -0.05) is 19.3 Å². The van der Waals surface area contributed by atoms with E-state index in [9.17, 15) is 4.79 Å². The molecule has 2 fully saturated rings. The van der Waals surface area contributed by atoms with Crippen LogP contribution in [0.4, 0.5) is 0 Å². The standard InChI is InChI=1S/C14H25NO3/c1-17-13(16)5-9-15-12-6-10-18-14(11-12)7-3-2-4-8-14/h12,15H,2-11H2,1H3. The van der Waals surface area contributed by atoms with E-state index in [-0.39, 0.29) is 11.6 Å². The van der Waals surface area contributed by atoms with Crippen molar-refractivity contribution in [2.45, 2.75) is 63.0 Å². The number of hydrogen-bond donors (Lipinski definition) is 1. The quantitative estimate of drug-likeness (QED) is 0.781. The SMILES string of the molecule is COC(=O)CCNC1CCOC2(CCCCC2)C1. The molecule has 2 rings (SSSR count). The van der Waals surface area contributed by atoms with Gasteiger partial charge in [-0.05, 0) is 25.7 Å².